The molecule has 2 aromatic rings. The zero-order valence-corrected chi connectivity index (χ0v) is 16.1. The van der Waals surface area contributed by atoms with Gasteiger partial charge in [0.05, 0.1) is 6.61 Å². The largest absolute Gasteiger partial charge is 0.450 e. The van der Waals surface area contributed by atoms with Gasteiger partial charge in [0, 0.05) is 51.2 Å². The lowest BCUT2D eigenvalue weighted by Crippen LogP contribution is -2.49. The number of hydrogen-bond donors (Lipinski definition) is 1. The van der Waals surface area contributed by atoms with E-state index in [1.54, 1.807) is 37.2 Å². The Morgan fingerprint density at radius 2 is 2.00 bits per heavy atom. The average Bonchev–Trinajstić information content (AvgIpc) is 2.72. The number of aromatic nitrogens is 3. The van der Waals surface area contributed by atoms with Gasteiger partial charge in [-0.05, 0) is 25.5 Å². The molecule has 3 heterocycles. The Morgan fingerprint density at radius 1 is 1.21 bits per heavy atom. The zero-order chi connectivity index (χ0) is 19.9. The molecule has 0 aliphatic carbocycles. The molecule has 28 heavy (non-hydrogen) atoms. The molecule has 2 amide bonds. The number of anilines is 1. The standard InChI is InChI=1S/C19H24N6O3/c1-3-28-19(27)25-9-7-24(8-10-25)17-11-16(22-14(2)23-17)18(26)21-13-15-5-4-6-20-12-15/h4-6,11-12H,3,7-10,13H2,1-2H3,(H,21,26). The summed E-state index contributed by atoms with van der Waals surface area (Å²) in [5.41, 5.74) is 1.23. The van der Waals surface area contributed by atoms with Gasteiger partial charge in [-0.1, -0.05) is 6.07 Å². The highest BCUT2D eigenvalue weighted by Gasteiger charge is 2.23. The van der Waals surface area contributed by atoms with Crippen LogP contribution in [-0.2, 0) is 11.3 Å². The predicted octanol–water partition coefficient (Wildman–Crippen LogP) is 1.39. The van der Waals surface area contributed by atoms with Gasteiger partial charge >= 0.3 is 6.09 Å². The van der Waals surface area contributed by atoms with Crippen molar-refractivity contribution in [2.75, 3.05) is 37.7 Å². The fourth-order valence-corrected chi connectivity index (χ4v) is 2.94. The number of nitrogens with one attached hydrogen (secondary N) is 1. The zero-order valence-electron chi connectivity index (χ0n) is 16.1. The van der Waals surface area contributed by atoms with Crippen LogP contribution in [0.5, 0.6) is 0 Å². The van der Waals surface area contributed by atoms with Crippen LogP contribution in [0.3, 0.4) is 0 Å². The van der Waals surface area contributed by atoms with Crippen molar-refractivity contribution >= 4 is 17.8 Å². The van der Waals surface area contributed by atoms with Crippen LogP contribution >= 0.6 is 0 Å². The summed E-state index contributed by atoms with van der Waals surface area (Å²) in [6.07, 6.45) is 3.10. The molecule has 0 saturated carbocycles. The second-order valence-corrected chi connectivity index (χ2v) is 6.38. The number of carbonyl (C=O) groups excluding carboxylic acids is 2. The van der Waals surface area contributed by atoms with Crippen LogP contribution in [0, 0.1) is 6.92 Å². The molecule has 0 radical (unpaired) electrons. The number of piperazine rings is 1. The molecule has 1 aliphatic rings. The van der Waals surface area contributed by atoms with Crippen LogP contribution in [0.1, 0.15) is 28.8 Å². The van der Waals surface area contributed by atoms with Crippen molar-refractivity contribution in [3.8, 4) is 0 Å². The number of hydrogen-bond acceptors (Lipinski definition) is 7. The smallest absolute Gasteiger partial charge is 0.409 e. The van der Waals surface area contributed by atoms with Crippen molar-refractivity contribution in [2.45, 2.75) is 20.4 Å². The minimum absolute atomic E-state index is 0.263. The van der Waals surface area contributed by atoms with Gasteiger partial charge in [0.25, 0.3) is 5.91 Å². The van der Waals surface area contributed by atoms with E-state index in [-0.39, 0.29) is 12.0 Å². The summed E-state index contributed by atoms with van der Waals surface area (Å²) in [4.78, 5) is 40.8. The molecular formula is C19H24N6O3. The van der Waals surface area contributed by atoms with Crippen LogP contribution < -0.4 is 10.2 Å². The Morgan fingerprint density at radius 3 is 2.68 bits per heavy atom. The van der Waals surface area contributed by atoms with E-state index < -0.39 is 0 Å². The minimum Gasteiger partial charge on any atom is -0.450 e. The molecule has 0 unspecified atom stereocenters. The van der Waals surface area contributed by atoms with Crippen LogP contribution in [0.4, 0.5) is 10.6 Å². The van der Waals surface area contributed by atoms with Gasteiger partial charge in [-0.2, -0.15) is 0 Å². The molecule has 2 aromatic heterocycles. The predicted molar refractivity (Wildman–Crippen MR) is 103 cm³/mol. The summed E-state index contributed by atoms with van der Waals surface area (Å²) >= 11 is 0. The quantitative estimate of drug-likeness (QED) is 0.831. The van der Waals surface area contributed by atoms with Crippen molar-refractivity contribution in [3.05, 3.63) is 47.7 Å². The number of ether oxygens (including phenoxy) is 1. The molecule has 1 N–H and O–H groups in total. The van der Waals surface area contributed by atoms with Gasteiger partial charge in [-0.15, -0.1) is 0 Å². The second-order valence-electron chi connectivity index (χ2n) is 6.38. The summed E-state index contributed by atoms with van der Waals surface area (Å²) in [5.74, 6) is 0.945. The molecule has 1 fully saturated rings. The maximum absolute atomic E-state index is 12.5. The van der Waals surface area contributed by atoms with Gasteiger partial charge < -0.3 is 19.9 Å². The van der Waals surface area contributed by atoms with Gasteiger partial charge in [0.1, 0.15) is 17.3 Å². The van der Waals surface area contributed by atoms with Crippen molar-refractivity contribution < 1.29 is 14.3 Å². The third-order valence-electron chi connectivity index (χ3n) is 4.36. The van der Waals surface area contributed by atoms with E-state index in [1.165, 1.54) is 0 Å². The first kappa shape index (κ1) is 19.5. The summed E-state index contributed by atoms with van der Waals surface area (Å²) in [5, 5.41) is 2.85. The van der Waals surface area contributed by atoms with E-state index in [2.05, 4.69) is 20.3 Å². The highest BCUT2D eigenvalue weighted by Crippen LogP contribution is 2.16. The van der Waals surface area contributed by atoms with Gasteiger partial charge in [0.15, 0.2) is 0 Å². The first-order valence-corrected chi connectivity index (χ1v) is 9.26. The molecule has 0 aromatic carbocycles. The summed E-state index contributed by atoms with van der Waals surface area (Å²) < 4.78 is 5.04. The Labute approximate surface area is 163 Å². The number of carbonyl (C=O) groups is 2. The molecule has 148 valence electrons. The van der Waals surface area contributed by atoms with Crippen LogP contribution in [0.25, 0.3) is 0 Å². The van der Waals surface area contributed by atoms with Crippen molar-refractivity contribution in [1.82, 2.24) is 25.2 Å². The van der Waals surface area contributed by atoms with E-state index in [9.17, 15) is 9.59 Å². The lowest BCUT2D eigenvalue weighted by Gasteiger charge is -2.34. The van der Waals surface area contributed by atoms with E-state index >= 15 is 0 Å². The van der Waals surface area contributed by atoms with Crippen LogP contribution in [-0.4, -0.2) is 64.6 Å². The number of nitrogens with zero attached hydrogens (tertiary/aromatic N) is 5. The van der Waals surface area contributed by atoms with Crippen molar-refractivity contribution in [1.29, 1.82) is 0 Å². The molecular weight excluding hydrogens is 360 g/mol. The van der Waals surface area contributed by atoms with Crippen molar-refractivity contribution in [2.24, 2.45) is 0 Å². The van der Waals surface area contributed by atoms with Gasteiger partial charge in [0.2, 0.25) is 0 Å². The third kappa shape index (κ3) is 4.93. The average molecular weight is 384 g/mol. The number of amides is 2. The third-order valence-corrected chi connectivity index (χ3v) is 4.36. The van der Waals surface area contributed by atoms with E-state index in [0.29, 0.717) is 56.7 Å². The van der Waals surface area contributed by atoms with Crippen LogP contribution in [0.2, 0.25) is 0 Å². The Kier molecular flexibility index (Phi) is 6.36. The Balaban J connectivity index is 1.63. The first-order chi connectivity index (χ1) is 13.6. The number of rotatable bonds is 5. The molecule has 0 spiro atoms. The fourth-order valence-electron chi connectivity index (χ4n) is 2.94. The highest BCUT2D eigenvalue weighted by molar-refractivity contribution is 5.92. The summed E-state index contributed by atoms with van der Waals surface area (Å²) in [6, 6.07) is 5.41. The lowest BCUT2D eigenvalue weighted by atomic mass is 10.2. The molecule has 1 saturated heterocycles. The Hall–Kier alpha value is -3.23. The van der Waals surface area contributed by atoms with Gasteiger partial charge in [-0.25, -0.2) is 14.8 Å². The van der Waals surface area contributed by atoms with Crippen LogP contribution in [0.15, 0.2) is 30.6 Å². The van der Waals surface area contributed by atoms with E-state index in [4.69, 9.17) is 4.74 Å². The van der Waals surface area contributed by atoms with E-state index in [0.717, 1.165) is 5.56 Å². The van der Waals surface area contributed by atoms with E-state index in [1.807, 2.05) is 17.0 Å². The second kappa shape index (κ2) is 9.12. The number of aryl methyl sites for hydroxylation is 1. The van der Waals surface area contributed by atoms with Crippen molar-refractivity contribution in [3.63, 3.8) is 0 Å². The molecule has 9 heteroatoms. The minimum atomic E-state index is -0.295. The Bertz CT molecular complexity index is 822. The highest BCUT2D eigenvalue weighted by atomic mass is 16.6. The molecule has 0 atom stereocenters. The monoisotopic (exact) mass is 384 g/mol. The summed E-state index contributed by atoms with van der Waals surface area (Å²) in [6.45, 7) is 6.62. The maximum atomic E-state index is 12.5. The molecule has 9 nitrogen and oxygen atoms in total. The lowest BCUT2D eigenvalue weighted by molar-refractivity contribution is 0.0945. The SMILES string of the molecule is CCOC(=O)N1CCN(c2cc(C(=O)NCc3cccnc3)nc(C)n2)CC1. The molecule has 1 aliphatic heterocycles. The fraction of sp³-hybridized carbons (Fsp3) is 0.421. The molecule has 3 rings (SSSR count). The number of pyridine rings is 1. The molecule has 0 bridgehead atoms. The first-order valence-electron chi connectivity index (χ1n) is 9.26. The van der Waals surface area contributed by atoms with Gasteiger partial charge in [-0.3, -0.25) is 9.78 Å². The topological polar surface area (TPSA) is 101 Å². The maximum Gasteiger partial charge on any atom is 0.409 e. The summed E-state index contributed by atoms with van der Waals surface area (Å²) in [7, 11) is 0. The normalized spacial score (nSPS) is 13.9.